The number of nitrogens with one attached hydrogen (secondary N) is 1. The first-order valence-corrected chi connectivity index (χ1v) is 6.88. The van der Waals surface area contributed by atoms with E-state index in [1.807, 2.05) is 29.5 Å². The van der Waals surface area contributed by atoms with Gasteiger partial charge in [-0.05, 0) is 47.2 Å². The molecule has 0 aliphatic carbocycles. The largest absolute Gasteiger partial charge is 0.321 e. The van der Waals surface area contributed by atoms with Crippen molar-refractivity contribution >= 4 is 34.2 Å². The van der Waals surface area contributed by atoms with E-state index in [-0.39, 0.29) is 11.7 Å². The van der Waals surface area contributed by atoms with Gasteiger partial charge in [0.2, 0.25) is 0 Å². The first kappa shape index (κ1) is 14.0. The molecule has 1 N–H and O–H groups in total. The van der Waals surface area contributed by atoms with E-state index >= 15 is 0 Å². The zero-order valence-corrected chi connectivity index (χ0v) is 12.7. The van der Waals surface area contributed by atoms with Gasteiger partial charge in [0.05, 0.1) is 16.9 Å². The fourth-order valence-electron chi connectivity index (χ4n) is 1.77. The molecule has 2 aromatic rings. The van der Waals surface area contributed by atoms with Crippen molar-refractivity contribution in [3.63, 3.8) is 0 Å². The lowest BCUT2D eigenvalue weighted by atomic mass is 10.2. The number of hydrogen-bond donors (Lipinski definition) is 1. The normalized spacial score (nSPS) is 10.5. The maximum atomic E-state index is 13.0. The van der Waals surface area contributed by atoms with Crippen LogP contribution in [0.25, 0.3) is 0 Å². The van der Waals surface area contributed by atoms with Crippen LogP contribution in [0.2, 0.25) is 0 Å². The first-order chi connectivity index (χ1) is 9.01. The Balaban J connectivity index is 2.25. The van der Waals surface area contributed by atoms with Crippen LogP contribution < -0.4 is 5.32 Å². The zero-order valence-electron chi connectivity index (χ0n) is 10.6. The molecule has 19 heavy (non-hydrogen) atoms. The quantitative estimate of drug-likeness (QED) is 0.841. The van der Waals surface area contributed by atoms with Crippen molar-refractivity contribution in [1.29, 1.82) is 0 Å². The Morgan fingerprint density at radius 3 is 2.89 bits per heavy atom. The zero-order chi connectivity index (χ0) is 14.0. The molecular weight excluding hydrogens is 360 g/mol. The summed E-state index contributed by atoms with van der Waals surface area (Å²) < 4.78 is 15.3. The van der Waals surface area contributed by atoms with Crippen molar-refractivity contribution in [2.45, 2.75) is 13.3 Å². The van der Waals surface area contributed by atoms with Gasteiger partial charge in [0.15, 0.2) is 0 Å². The predicted molar refractivity (Wildman–Crippen MR) is 79.7 cm³/mol. The SMILES string of the molecule is CCc1nn(C)cc1C(=O)Nc1ccc(F)cc1I. The Hall–Kier alpha value is -1.44. The third-order valence-electron chi connectivity index (χ3n) is 2.66. The summed E-state index contributed by atoms with van der Waals surface area (Å²) in [4.78, 5) is 12.2. The molecule has 0 atom stereocenters. The average molecular weight is 373 g/mol. The first-order valence-electron chi connectivity index (χ1n) is 5.80. The lowest BCUT2D eigenvalue weighted by Gasteiger charge is -2.07. The number of halogens is 2. The monoisotopic (exact) mass is 373 g/mol. The van der Waals surface area contributed by atoms with Crippen LogP contribution in [-0.2, 0) is 13.5 Å². The summed E-state index contributed by atoms with van der Waals surface area (Å²) in [5.74, 6) is -0.549. The summed E-state index contributed by atoms with van der Waals surface area (Å²) >= 11 is 1.99. The van der Waals surface area contributed by atoms with Gasteiger partial charge in [-0.3, -0.25) is 9.48 Å². The molecule has 0 aliphatic heterocycles. The second kappa shape index (κ2) is 5.68. The highest BCUT2D eigenvalue weighted by molar-refractivity contribution is 14.1. The van der Waals surface area contributed by atoms with Gasteiger partial charge in [-0.2, -0.15) is 5.10 Å². The Bertz CT molecular complexity index is 624. The van der Waals surface area contributed by atoms with Crippen molar-refractivity contribution in [3.05, 3.63) is 45.0 Å². The molecule has 2 rings (SSSR count). The number of hydrogen-bond acceptors (Lipinski definition) is 2. The number of nitrogens with zero attached hydrogens (tertiary/aromatic N) is 2. The number of aromatic nitrogens is 2. The summed E-state index contributed by atoms with van der Waals surface area (Å²) in [7, 11) is 1.78. The van der Waals surface area contributed by atoms with Crippen LogP contribution in [0.15, 0.2) is 24.4 Å². The van der Waals surface area contributed by atoms with Gasteiger partial charge in [0.25, 0.3) is 5.91 Å². The van der Waals surface area contributed by atoms with E-state index in [2.05, 4.69) is 10.4 Å². The van der Waals surface area contributed by atoms with Gasteiger partial charge in [0, 0.05) is 16.8 Å². The number of amides is 1. The van der Waals surface area contributed by atoms with E-state index in [4.69, 9.17) is 0 Å². The molecular formula is C13H13FIN3O. The summed E-state index contributed by atoms with van der Waals surface area (Å²) in [6, 6.07) is 4.25. The van der Waals surface area contributed by atoms with Gasteiger partial charge in [-0.1, -0.05) is 6.92 Å². The van der Waals surface area contributed by atoms with E-state index in [0.29, 0.717) is 21.2 Å². The molecule has 4 nitrogen and oxygen atoms in total. The number of aryl methyl sites for hydroxylation is 2. The van der Waals surface area contributed by atoms with Crippen molar-refractivity contribution in [2.75, 3.05) is 5.32 Å². The molecule has 1 amide bonds. The average Bonchev–Trinajstić information content (AvgIpc) is 2.74. The summed E-state index contributed by atoms with van der Waals surface area (Å²) in [6.07, 6.45) is 2.37. The van der Waals surface area contributed by atoms with Crippen LogP contribution in [0.3, 0.4) is 0 Å². The standard InChI is InChI=1S/C13H13FIN3O/c1-3-11-9(7-18(2)17-11)13(19)16-12-5-4-8(14)6-10(12)15/h4-7H,3H2,1-2H3,(H,16,19). The van der Waals surface area contributed by atoms with Crippen molar-refractivity contribution in [1.82, 2.24) is 9.78 Å². The molecule has 100 valence electrons. The summed E-state index contributed by atoms with van der Waals surface area (Å²) in [5.41, 5.74) is 1.89. The Morgan fingerprint density at radius 2 is 2.26 bits per heavy atom. The molecule has 0 radical (unpaired) electrons. The van der Waals surface area contributed by atoms with Crippen LogP contribution in [0.4, 0.5) is 10.1 Å². The van der Waals surface area contributed by atoms with E-state index < -0.39 is 0 Å². The van der Waals surface area contributed by atoms with E-state index in [0.717, 1.165) is 5.69 Å². The summed E-state index contributed by atoms with van der Waals surface area (Å²) in [6.45, 7) is 1.95. The number of carbonyl (C=O) groups is 1. The van der Waals surface area contributed by atoms with Crippen LogP contribution >= 0.6 is 22.6 Å². The topological polar surface area (TPSA) is 46.9 Å². The second-order valence-electron chi connectivity index (χ2n) is 4.09. The van der Waals surface area contributed by atoms with Crippen LogP contribution in [0.5, 0.6) is 0 Å². The molecule has 0 spiro atoms. The maximum Gasteiger partial charge on any atom is 0.259 e. The lowest BCUT2D eigenvalue weighted by molar-refractivity contribution is 0.102. The van der Waals surface area contributed by atoms with E-state index in [9.17, 15) is 9.18 Å². The molecule has 1 heterocycles. The van der Waals surface area contributed by atoms with Gasteiger partial charge in [-0.25, -0.2) is 4.39 Å². The fraction of sp³-hybridized carbons (Fsp3) is 0.231. The molecule has 0 saturated carbocycles. The van der Waals surface area contributed by atoms with Crippen molar-refractivity contribution in [2.24, 2.45) is 7.05 Å². The van der Waals surface area contributed by atoms with E-state index in [1.54, 1.807) is 24.0 Å². The number of rotatable bonds is 3. The predicted octanol–water partition coefficient (Wildman–Crippen LogP) is 2.98. The van der Waals surface area contributed by atoms with Gasteiger partial charge >= 0.3 is 0 Å². The van der Waals surface area contributed by atoms with Crippen LogP contribution in [-0.4, -0.2) is 15.7 Å². The Labute approximate surface area is 124 Å². The molecule has 0 saturated heterocycles. The Morgan fingerprint density at radius 1 is 1.53 bits per heavy atom. The molecule has 6 heteroatoms. The molecule has 0 unspecified atom stereocenters. The second-order valence-corrected chi connectivity index (χ2v) is 5.26. The van der Waals surface area contributed by atoms with Gasteiger partial charge in [-0.15, -0.1) is 0 Å². The minimum absolute atomic E-state index is 0.227. The molecule has 1 aromatic heterocycles. The molecule has 0 aliphatic rings. The Kier molecular flexibility index (Phi) is 4.18. The van der Waals surface area contributed by atoms with Gasteiger partial charge < -0.3 is 5.32 Å². The summed E-state index contributed by atoms with van der Waals surface area (Å²) in [5, 5.41) is 7.00. The third kappa shape index (κ3) is 3.12. The maximum absolute atomic E-state index is 13.0. The van der Waals surface area contributed by atoms with Crippen molar-refractivity contribution < 1.29 is 9.18 Å². The lowest BCUT2D eigenvalue weighted by Crippen LogP contribution is -2.14. The molecule has 0 fully saturated rings. The highest BCUT2D eigenvalue weighted by Gasteiger charge is 2.15. The van der Waals surface area contributed by atoms with Crippen LogP contribution in [0, 0.1) is 9.39 Å². The number of anilines is 1. The highest BCUT2D eigenvalue weighted by atomic mass is 127. The molecule has 0 bridgehead atoms. The smallest absolute Gasteiger partial charge is 0.259 e. The fourth-order valence-corrected chi connectivity index (χ4v) is 2.38. The number of benzene rings is 1. The third-order valence-corrected chi connectivity index (χ3v) is 3.56. The van der Waals surface area contributed by atoms with E-state index in [1.165, 1.54) is 12.1 Å². The number of carbonyl (C=O) groups excluding carboxylic acids is 1. The highest BCUT2D eigenvalue weighted by Crippen LogP contribution is 2.20. The van der Waals surface area contributed by atoms with Crippen LogP contribution in [0.1, 0.15) is 23.0 Å². The minimum atomic E-state index is -0.321. The minimum Gasteiger partial charge on any atom is -0.321 e. The molecule has 1 aromatic carbocycles. The van der Waals surface area contributed by atoms with Gasteiger partial charge in [0.1, 0.15) is 5.82 Å². The van der Waals surface area contributed by atoms with Crippen molar-refractivity contribution in [3.8, 4) is 0 Å².